The van der Waals surface area contributed by atoms with Gasteiger partial charge in [-0.15, -0.1) is 0 Å². The van der Waals surface area contributed by atoms with Crippen molar-refractivity contribution in [1.29, 1.82) is 0 Å². The number of nitrogens with one attached hydrogen (secondary N) is 1. The molecule has 3 N–H and O–H groups in total. The van der Waals surface area contributed by atoms with Crippen LogP contribution in [0, 0.1) is 0 Å². The van der Waals surface area contributed by atoms with Crippen LogP contribution in [0.2, 0.25) is 5.28 Å². The fourth-order valence-corrected chi connectivity index (χ4v) is 3.44. The van der Waals surface area contributed by atoms with Gasteiger partial charge in [-0.3, -0.25) is 4.79 Å². The molecular weight excluding hydrogens is 450 g/mol. The van der Waals surface area contributed by atoms with Gasteiger partial charge in [0.05, 0.1) is 29.3 Å². The number of nitrogens with zero attached hydrogens (tertiary/aromatic N) is 3. The van der Waals surface area contributed by atoms with E-state index in [1.807, 2.05) is 13.0 Å². The van der Waals surface area contributed by atoms with Gasteiger partial charge in [-0.05, 0) is 36.2 Å². The minimum atomic E-state index is -0.643. The molecule has 11 heteroatoms. The van der Waals surface area contributed by atoms with Gasteiger partial charge in [0.25, 0.3) is 5.91 Å². The minimum absolute atomic E-state index is 0.0218. The summed E-state index contributed by atoms with van der Waals surface area (Å²) in [6.07, 6.45) is 0.866. The highest BCUT2D eigenvalue weighted by Crippen LogP contribution is 2.37. The molecule has 1 aromatic carbocycles. The van der Waals surface area contributed by atoms with Gasteiger partial charge in [0.1, 0.15) is 12.2 Å². The first-order valence-corrected chi connectivity index (χ1v) is 10.6. The van der Waals surface area contributed by atoms with Crippen molar-refractivity contribution in [2.24, 2.45) is 5.73 Å². The second kappa shape index (κ2) is 9.88. The van der Waals surface area contributed by atoms with E-state index in [-0.39, 0.29) is 22.8 Å². The highest BCUT2D eigenvalue weighted by atomic mass is 35.5. The van der Waals surface area contributed by atoms with E-state index in [0.29, 0.717) is 42.4 Å². The van der Waals surface area contributed by atoms with Crippen LogP contribution in [0.25, 0.3) is 21.9 Å². The summed E-state index contributed by atoms with van der Waals surface area (Å²) >= 11 is 5.99. The number of primary amides is 1. The molecule has 0 unspecified atom stereocenters. The third kappa shape index (κ3) is 4.91. The summed E-state index contributed by atoms with van der Waals surface area (Å²) in [5.74, 6) is 0.174. The van der Waals surface area contributed by atoms with Crippen LogP contribution in [0.5, 0.6) is 17.6 Å². The fraction of sp³-hybridized carbons (Fsp3) is 0.273. The number of fused-ring (bicyclic) bond motifs is 3. The Morgan fingerprint density at radius 3 is 2.70 bits per heavy atom. The number of nitrogens with two attached hydrogens (primary N) is 1. The van der Waals surface area contributed by atoms with Crippen LogP contribution in [0.1, 0.15) is 23.9 Å². The Balaban J connectivity index is 1.69. The van der Waals surface area contributed by atoms with Gasteiger partial charge in [0, 0.05) is 25.1 Å². The standard InChI is InChI=1S/C22H22ClN5O5/c1-3-8-25-19-18-12-4-7-15(26-13(12)5-6-14(18)32-20(19)21(24)29)33-17-11-16(27-22(23)28-17)31-10-9-30-2/h4-7,11,25H,3,8-10H2,1-2H3,(H2,24,29). The van der Waals surface area contributed by atoms with Crippen LogP contribution in [0.3, 0.4) is 0 Å². The van der Waals surface area contributed by atoms with Gasteiger partial charge >= 0.3 is 0 Å². The van der Waals surface area contributed by atoms with Crippen LogP contribution in [-0.2, 0) is 4.74 Å². The fourth-order valence-electron chi connectivity index (χ4n) is 3.27. The summed E-state index contributed by atoms with van der Waals surface area (Å²) in [4.78, 5) is 24.5. The van der Waals surface area contributed by atoms with Gasteiger partial charge in [0.2, 0.25) is 28.7 Å². The molecule has 33 heavy (non-hydrogen) atoms. The number of benzene rings is 1. The molecular formula is C22H22ClN5O5. The van der Waals surface area contributed by atoms with E-state index in [9.17, 15) is 4.79 Å². The van der Waals surface area contributed by atoms with Crippen LogP contribution in [0.4, 0.5) is 5.69 Å². The number of carbonyl (C=O) groups excluding carboxylic acids is 1. The van der Waals surface area contributed by atoms with Crippen molar-refractivity contribution < 1.29 is 23.4 Å². The average molecular weight is 472 g/mol. The van der Waals surface area contributed by atoms with Crippen molar-refractivity contribution in [2.75, 3.05) is 32.2 Å². The zero-order valence-corrected chi connectivity index (χ0v) is 18.8. The highest BCUT2D eigenvalue weighted by Gasteiger charge is 2.21. The molecule has 4 aromatic rings. The molecule has 4 rings (SSSR count). The minimum Gasteiger partial charge on any atom is -0.475 e. The van der Waals surface area contributed by atoms with Crippen molar-refractivity contribution in [3.63, 3.8) is 0 Å². The van der Waals surface area contributed by atoms with Crippen LogP contribution >= 0.6 is 11.6 Å². The maximum Gasteiger partial charge on any atom is 0.286 e. The Bertz CT molecular complexity index is 1310. The molecule has 0 saturated heterocycles. The van der Waals surface area contributed by atoms with Gasteiger partial charge < -0.3 is 29.7 Å². The number of rotatable bonds is 10. The van der Waals surface area contributed by atoms with E-state index < -0.39 is 5.91 Å². The van der Waals surface area contributed by atoms with Crippen LogP contribution in [-0.4, -0.2) is 47.7 Å². The second-order valence-corrected chi connectivity index (χ2v) is 7.35. The molecule has 0 spiro atoms. The Kier molecular flexibility index (Phi) is 6.76. The number of ether oxygens (including phenoxy) is 3. The lowest BCUT2D eigenvalue weighted by atomic mass is 10.1. The van der Waals surface area contributed by atoms with Crippen molar-refractivity contribution in [3.05, 3.63) is 41.4 Å². The Labute approximate surface area is 194 Å². The number of amides is 1. The first kappa shape index (κ1) is 22.6. The summed E-state index contributed by atoms with van der Waals surface area (Å²) in [6.45, 7) is 3.39. The topological polar surface area (TPSA) is 135 Å². The summed E-state index contributed by atoms with van der Waals surface area (Å²) in [6, 6.07) is 8.54. The van der Waals surface area contributed by atoms with Gasteiger partial charge in [-0.25, -0.2) is 4.98 Å². The van der Waals surface area contributed by atoms with Gasteiger partial charge in [0.15, 0.2) is 0 Å². The van der Waals surface area contributed by atoms with E-state index in [2.05, 4.69) is 20.3 Å². The molecule has 3 aromatic heterocycles. The number of carbonyl (C=O) groups is 1. The van der Waals surface area contributed by atoms with Crippen LogP contribution < -0.4 is 20.5 Å². The number of hydrogen-bond donors (Lipinski definition) is 2. The predicted octanol–water partition coefficient (Wildman–Crippen LogP) is 4.16. The van der Waals surface area contributed by atoms with E-state index in [1.54, 1.807) is 25.3 Å². The van der Waals surface area contributed by atoms with E-state index in [1.165, 1.54) is 6.07 Å². The monoisotopic (exact) mass is 471 g/mol. The molecule has 0 aliphatic heterocycles. The lowest BCUT2D eigenvalue weighted by molar-refractivity contribution is 0.0977. The summed E-state index contributed by atoms with van der Waals surface area (Å²) in [7, 11) is 1.57. The number of hydrogen-bond acceptors (Lipinski definition) is 9. The van der Waals surface area contributed by atoms with Gasteiger partial charge in [-0.1, -0.05) is 6.92 Å². The zero-order valence-electron chi connectivity index (χ0n) is 18.1. The van der Waals surface area contributed by atoms with Crippen molar-refractivity contribution >= 4 is 45.1 Å². The first-order valence-electron chi connectivity index (χ1n) is 10.2. The quantitative estimate of drug-likeness (QED) is 0.258. The van der Waals surface area contributed by atoms with E-state index in [4.69, 9.17) is 36.0 Å². The Hall–Kier alpha value is -3.63. The van der Waals surface area contributed by atoms with Crippen molar-refractivity contribution in [3.8, 4) is 17.6 Å². The molecule has 3 heterocycles. The number of anilines is 1. The number of methoxy groups -OCH3 is 1. The molecule has 0 radical (unpaired) electrons. The average Bonchev–Trinajstić information content (AvgIpc) is 3.16. The van der Waals surface area contributed by atoms with Gasteiger partial charge in [-0.2, -0.15) is 9.97 Å². The largest absolute Gasteiger partial charge is 0.475 e. The molecule has 0 aliphatic rings. The zero-order chi connectivity index (χ0) is 23.4. The number of aromatic nitrogens is 3. The Morgan fingerprint density at radius 1 is 1.12 bits per heavy atom. The molecule has 172 valence electrons. The summed E-state index contributed by atoms with van der Waals surface area (Å²) in [5.41, 5.74) is 7.24. The molecule has 1 amide bonds. The third-order valence-electron chi connectivity index (χ3n) is 4.67. The maximum atomic E-state index is 11.9. The first-order chi connectivity index (χ1) is 16.0. The van der Waals surface area contributed by atoms with E-state index >= 15 is 0 Å². The number of halogens is 1. The smallest absolute Gasteiger partial charge is 0.286 e. The second-order valence-electron chi connectivity index (χ2n) is 7.01. The highest BCUT2D eigenvalue weighted by molar-refractivity contribution is 6.28. The molecule has 0 atom stereocenters. The van der Waals surface area contributed by atoms with Crippen molar-refractivity contribution in [2.45, 2.75) is 13.3 Å². The maximum absolute atomic E-state index is 11.9. The lowest BCUT2D eigenvalue weighted by Crippen LogP contribution is -2.13. The van der Waals surface area contributed by atoms with Crippen molar-refractivity contribution in [1.82, 2.24) is 15.0 Å². The van der Waals surface area contributed by atoms with E-state index in [0.717, 1.165) is 17.2 Å². The van der Waals surface area contributed by atoms with Crippen LogP contribution in [0.15, 0.2) is 34.7 Å². The molecule has 10 nitrogen and oxygen atoms in total. The molecule has 0 bridgehead atoms. The SMILES string of the molecule is CCCNc1c(C(N)=O)oc2ccc3nc(Oc4cc(OCCOC)nc(Cl)n4)ccc3c12. The lowest BCUT2D eigenvalue weighted by Gasteiger charge is -2.09. The number of pyridine rings is 1. The molecule has 0 fully saturated rings. The Morgan fingerprint density at radius 2 is 1.94 bits per heavy atom. The summed E-state index contributed by atoms with van der Waals surface area (Å²) < 4.78 is 21.9. The number of furan rings is 1. The normalized spacial score (nSPS) is 11.1. The molecule has 0 saturated carbocycles. The predicted molar refractivity (Wildman–Crippen MR) is 123 cm³/mol. The third-order valence-corrected chi connectivity index (χ3v) is 4.84. The summed E-state index contributed by atoms with van der Waals surface area (Å²) in [5, 5.41) is 4.72. The molecule has 0 aliphatic carbocycles.